The fourth-order valence-electron chi connectivity index (χ4n) is 2.22. The summed E-state index contributed by atoms with van der Waals surface area (Å²) in [5.41, 5.74) is 1.48. The Labute approximate surface area is 126 Å². The zero-order chi connectivity index (χ0) is 14.7. The first-order valence-electron chi connectivity index (χ1n) is 6.61. The second kappa shape index (κ2) is 5.94. The molecule has 1 atom stereocenters. The van der Waals surface area contributed by atoms with Crippen LogP contribution in [0.15, 0.2) is 88.7 Å². The van der Waals surface area contributed by atoms with Crippen LogP contribution < -0.4 is 0 Å². The van der Waals surface area contributed by atoms with Crippen molar-refractivity contribution in [3.63, 3.8) is 0 Å². The minimum absolute atomic E-state index is 0.190. The van der Waals surface area contributed by atoms with E-state index in [0.717, 1.165) is 10.5 Å². The first kappa shape index (κ1) is 13.6. The lowest BCUT2D eigenvalue weighted by Crippen LogP contribution is -1.95. The molecule has 0 aliphatic rings. The van der Waals surface area contributed by atoms with Crippen LogP contribution in [0.3, 0.4) is 0 Å². The average molecular weight is 294 g/mol. The van der Waals surface area contributed by atoms with Gasteiger partial charge < -0.3 is 5.11 Å². The van der Waals surface area contributed by atoms with Crippen molar-refractivity contribution < 1.29 is 9.32 Å². The van der Waals surface area contributed by atoms with Crippen molar-refractivity contribution in [1.82, 2.24) is 0 Å². The van der Waals surface area contributed by atoms with Gasteiger partial charge in [0, 0.05) is 16.0 Å². The van der Waals surface area contributed by atoms with E-state index in [2.05, 4.69) is 0 Å². The highest BCUT2D eigenvalue weighted by Crippen LogP contribution is 2.34. The first-order chi connectivity index (χ1) is 10.3. The van der Waals surface area contributed by atoms with E-state index in [1.165, 1.54) is 0 Å². The molecule has 0 aliphatic heterocycles. The molecule has 3 rings (SSSR count). The molecule has 0 saturated heterocycles. The molecule has 3 aromatic carbocycles. The first-order valence-corrected chi connectivity index (χ1v) is 7.76. The maximum Gasteiger partial charge on any atom is 0.123 e. The second-order valence-corrected chi connectivity index (χ2v) is 6.04. The van der Waals surface area contributed by atoms with Gasteiger partial charge in [-0.3, -0.25) is 0 Å². The third-order valence-electron chi connectivity index (χ3n) is 3.24. The Morgan fingerprint density at radius 1 is 0.667 bits per heavy atom. The van der Waals surface area contributed by atoms with Crippen molar-refractivity contribution >= 4 is 10.8 Å². The summed E-state index contributed by atoms with van der Waals surface area (Å²) in [5, 5.41) is 10.0. The summed E-state index contributed by atoms with van der Waals surface area (Å²) < 4.78 is 12.8. The molecule has 104 valence electrons. The molecule has 0 bridgehead atoms. The summed E-state index contributed by atoms with van der Waals surface area (Å²) >= 11 is 0. The van der Waals surface area contributed by atoms with Crippen LogP contribution >= 0.6 is 0 Å². The van der Waals surface area contributed by atoms with Gasteiger partial charge in [-0.25, -0.2) is 4.21 Å². The van der Waals surface area contributed by atoms with Gasteiger partial charge in [-0.1, -0.05) is 54.6 Å². The summed E-state index contributed by atoms with van der Waals surface area (Å²) in [6.45, 7) is 0. The van der Waals surface area contributed by atoms with Crippen LogP contribution in [0.2, 0.25) is 0 Å². The molecule has 0 aromatic heterocycles. The molecule has 3 heteroatoms. The van der Waals surface area contributed by atoms with Crippen LogP contribution in [0.25, 0.3) is 11.1 Å². The Morgan fingerprint density at radius 3 is 1.95 bits per heavy atom. The Hall–Kier alpha value is -2.39. The van der Waals surface area contributed by atoms with Gasteiger partial charge >= 0.3 is 0 Å². The van der Waals surface area contributed by atoms with Crippen LogP contribution in [0.1, 0.15) is 0 Å². The molecule has 0 spiro atoms. The van der Waals surface area contributed by atoms with E-state index in [1.807, 2.05) is 66.7 Å². The summed E-state index contributed by atoms with van der Waals surface area (Å²) in [6.07, 6.45) is 0. The van der Waals surface area contributed by atoms with Gasteiger partial charge in [-0.2, -0.15) is 0 Å². The highest BCUT2D eigenvalue weighted by atomic mass is 32.2. The number of hydrogen-bond donors (Lipinski definition) is 1. The van der Waals surface area contributed by atoms with Crippen molar-refractivity contribution in [1.29, 1.82) is 0 Å². The van der Waals surface area contributed by atoms with Gasteiger partial charge in [0.2, 0.25) is 0 Å². The lowest BCUT2D eigenvalue weighted by Gasteiger charge is -2.11. The lowest BCUT2D eigenvalue weighted by atomic mass is 10.0. The smallest absolute Gasteiger partial charge is 0.123 e. The summed E-state index contributed by atoms with van der Waals surface area (Å²) in [4.78, 5) is 1.45. The van der Waals surface area contributed by atoms with Crippen LogP contribution in [-0.2, 0) is 10.8 Å². The molecule has 0 saturated carbocycles. The van der Waals surface area contributed by atoms with E-state index in [0.29, 0.717) is 10.5 Å². The van der Waals surface area contributed by atoms with Crippen LogP contribution in [0.4, 0.5) is 0 Å². The predicted molar refractivity (Wildman–Crippen MR) is 84.7 cm³/mol. The molecule has 1 N–H and O–H groups in total. The SMILES string of the molecule is O=S(c1ccccc1)c1ccccc1-c1ccccc1O. The van der Waals surface area contributed by atoms with Crippen LogP contribution in [0, 0.1) is 0 Å². The molecule has 3 aromatic rings. The standard InChI is InChI=1S/C18H14O2S/c19-17-12-6-4-10-15(17)16-11-5-7-13-18(16)21(20)14-8-2-1-3-9-14/h1-13,19H. The van der Waals surface area contributed by atoms with Gasteiger partial charge in [-0.15, -0.1) is 0 Å². The highest BCUT2D eigenvalue weighted by molar-refractivity contribution is 7.85. The maximum atomic E-state index is 12.8. The van der Waals surface area contributed by atoms with E-state index in [4.69, 9.17) is 0 Å². The summed E-state index contributed by atoms with van der Waals surface area (Å²) in [5.74, 6) is 0.190. The number of benzene rings is 3. The fraction of sp³-hybridized carbons (Fsp3) is 0. The van der Waals surface area contributed by atoms with Crippen molar-refractivity contribution in [3.8, 4) is 16.9 Å². The molecule has 1 unspecified atom stereocenters. The lowest BCUT2D eigenvalue weighted by molar-refractivity contribution is 0.477. The van der Waals surface area contributed by atoms with Crippen molar-refractivity contribution in [2.24, 2.45) is 0 Å². The van der Waals surface area contributed by atoms with E-state index >= 15 is 0 Å². The maximum absolute atomic E-state index is 12.8. The van der Waals surface area contributed by atoms with E-state index in [-0.39, 0.29) is 5.75 Å². The monoisotopic (exact) mass is 294 g/mol. The van der Waals surface area contributed by atoms with E-state index < -0.39 is 10.8 Å². The van der Waals surface area contributed by atoms with E-state index in [1.54, 1.807) is 12.1 Å². The van der Waals surface area contributed by atoms with Gasteiger partial charge in [0.25, 0.3) is 0 Å². The molecule has 0 amide bonds. The number of para-hydroxylation sites is 1. The van der Waals surface area contributed by atoms with Gasteiger partial charge in [0.15, 0.2) is 0 Å². The van der Waals surface area contributed by atoms with Gasteiger partial charge in [-0.05, 0) is 24.3 Å². The minimum Gasteiger partial charge on any atom is -0.507 e. The third-order valence-corrected chi connectivity index (χ3v) is 4.69. The Kier molecular flexibility index (Phi) is 3.84. The quantitative estimate of drug-likeness (QED) is 0.785. The van der Waals surface area contributed by atoms with E-state index in [9.17, 15) is 9.32 Å². The van der Waals surface area contributed by atoms with Gasteiger partial charge in [0.1, 0.15) is 5.75 Å². The number of phenolic OH excluding ortho intramolecular Hbond substituents is 1. The molecule has 0 radical (unpaired) electrons. The van der Waals surface area contributed by atoms with Gasteiger partial charge in [0.05, 0.1) is 15.7 Å². The van der Waals surface area contributed by atoms with Crippen LogP contribution in [-0.4, -0.2) is 9.32 Å². The fourth-order valence-corrected chi connectivity index (χ4v) is 3.46. The third kappa shape index (κ3) is 2.73. The number of aromatic hydroxyl groups is 1. The predicted octanol–water partition coefficient (Wildman–Crippen LogP) is 4.23. The molecule has 0 heterocycles. The van der Waals surface area contributed by atoms with Crippen molar-refractivity contribution in [2.45, 2.75) is 9.79 Å². The largest absolute Gasteiger partial charge is 0.507 e. The molecule has 0 fully saturated rings. The molecule has 21 heavy (non-hydrogen) atoms. The van der Waals surface area contributed by atoms with Crippen molar-refractivity contribution in [3.05, 3.63) is 78.9 Å². The number of hydrogen-bond acceptors (Lipinski definition) is 2. The normalized spacial score (nSPS) is 12.0. The minimum atomic E-state index is -1.28. The topological polar surface area (TPSA) is 37.3 Å². The summed E-state index contributed by atoms with van der Waals surface area (Å²) in [6, 6.07) is 23.9. The Bertz CT molecular complexity index is 782. The molecule has 0 aliphatic carbocycles. The molecular formula is C18H14O2S. The number of phenols is 1. The average Bonchev–Trinajstić information content (AvgIpc) is 2.55. The zero-order valence-electron chi connectivity index (χ0n) is 11.3. The second-order valence-electron chi connectivity index (χ2n) is 4.60. The van der Waals surface area contributed by atoms with Crippen LogP contribution in [0.5, 0.6) is 5.75 Å². The highest BCUT2D eigenvalue weighted by Gasteiger charge is 2.14. The van der Waals surface area contributed by atoms with Crippen molar-refractivity contribution in [2.75, 3.05) is 0 Å². The Balaban J connectivity index is 2.13. The number of rotatable bonds is 3. The Morgan fingerprint density at radius 2 is 1.24 bits per heavy atom. The summed E-state index contributed by atoms with van der Waals surface area (Å²) in [7, 11) is -1.28. The molecular weight excluding hydrogens is 280 g/mol. The molecule has 2 nitrogen and oxygen atoms in total. The zero-order valence-corrected chi connectivity index (χ0v) is 12.1.